The molecule has 1 unspecified atom stereocenters. The van der Waals surface area contributed by atoms with Gasteiger partial charge in [-0.05, 0) is 12.8 Å². The fraction of sp³-hybridized carbons (Fsp3) is 0.727. The first-order valence-corrected chi connectivity index (χ1v) is 5.55. The van der Waals surface area contributed by atoms with Gasteiger partial charge in [-0.25, -0.2) is 9.67 Å². The second-order valence-electron chi connectivity index (χ2n) is 3.93. The molecule has 0 fully saturated rings. The quantitative estimate of drug-likeness (QED) is 0.718. The van der Waals surface area contributed by atoms with E-state index in [9.17, 15) is 4.79 Å². The summed E-state index contributed by atoms with van der Waals surface area (Å²) in [6.07, 6.45) is 3.62. The number of hydrogen-bond donors (Lipinski definition) is 0. The van der Waals surface area contributed by atoms with Crippen molar-refractivity contribution in [2.75, 3.05) is 0 Å². The van der Waals surface area contributed by atoms with Crippen molar-refractivity contribution in [3.63, 3.8) is 0 Å². The van der Waals surface area contributed by atoms with Gasteiger partial charge in [-0.1, -0.05) is 20.3 Å². The highest BCUT2D eigenvalue weighted by Gasteiger charge is 2.11. The van der Waals surface area contributed by atoms with Crippen LogP contribution in [0.1, 0.15) is 39.4 Å². The fourth-order valence-corrected chi connectivity index (χ4v) is 1.47. The van der Waals surface area contributed by atoms with Crippen molar-refractivity contribution < 1.29 is 4.79 Å². The number of carbonyl (C=O) groups excluding carboxylic acids is 1. The monoisotopic (exact) mass is 209 g/mol. The number of rotatable bonds is 6. The predicted molar refractivity (Wildman–Crippen MR) is 58.5 cm³/mol. The third-order valence-electron chi connectivity index (χ3n) is 2.62. The third kappa shape index (κ3) is 3.46. The average Bonchev–Trinajstić information content (AvgIpc) is 2.64. The first-order valence-electron chi connectivity index (χ1n) is 5.55. The molecule has 4 heteroatoms. The van der Waals surface area contributed by atoms with Crippen LogP contribution in [0, 0.1) is 5.92 Å². The molecule has 0 aromatic carbocycles. The van der Waals surface area contributed by atoms with Crippen LogP contribution >= 0.6 is 0 Å². The molecular formula is C11H19N3O. The molecule has 1 aromatic heterocycles. The smallest absolute Gasteiger partial charge is 0.140 e. The van der Waals surface area contributed by atoms with Crippen LogP contribution < -0.4 is 0 Å². The van der Waals surface area contributed by atoms with Gasteiger partial charge in [-0.2, -0.15) is 5.10 Å². The summed E-state index contributed by atoms with van der Waals surface area (Å²) in [6, 6.07) is 0. The summed E-state index contributed by atoms with van der Waals surface area (Å²) in [5.74, 6) is 1.51. The summed E-state index contributed by atoms with van der Waals surface area (Å²) < 4.78 is 1.77. The molecule has 0 aliphatic rings. The molecule has 15 heavy (non-hydrogen) atoms. The van der Waals surface area contributed by atoms with Crippen molar-refractivity contribution >= 4 is 5.78 Å². The van der Waals surface area contributed by atoms with E-state index in [2.05, 4.69) is 23.9 Å². The summed E-state index contributed by atoms with van der Waals surface area (Å²) in [5, 5.41) is 4.04. The van der Waals surface area contributed by atoms with E-state index in [0.717, 1.165) is 18.8 Å². The van der Waals surface area contributed by atoms with E-state index in [0.29, 0.717) is 18.8 Å². The van der Waals surface area contributed by atoms with Gasteiger partial charge in [-0.15, -0.1) is 0 Å². The maximum absolute atomic E-state index is 11.7. The van der Waals surface area contributed by atoms with Crippen molar-refractivity contribution in [1.82, 2.24) is 14.8 Å². The minimum Gasteiger partial charge on any atom is -0.299 e. The molecule has 0 bridgehead atoms. The lowest BCUT2D eigenvalue weighted by molar-refractivity contribution is -0.119. The molecule has 0 N–H and O–H groups in total. The van der Waals surface area contributed by atoms with Crippen LogP contribution in [0.5, 0.6) is 0 Å². The van der Waals surface area contributed by atoms with Crippen LogP contribution in [0.2, 0.25) is 0 Å². The van der Waals surface area contributed by atoms with Crippen LogP contribution in [-0.2, 0) is 17.8 Å². The Morgan fingerprint density at radius 3 is 2.87 bits per heavy atom. The lowest BCUT2D eigenvalue weighted by Gasteiger charge is -2.07. The van der Waals surface area contributed by atoms with E-state index in [1.165, 1.54) is 6.33 Å². The van der Waals surface area contributed by atoms with Gasteiger partial charge in [0.25, 0.3) is 0 Å². The van der Waals surface area contributed by atoms with Crippen molar-refractivity contribution in [2.45, 2.75) is 46.6 Å². The number of aryl methyl sites for hydroxylation is 1. The Morgan fingerprint density at radius 1 is 1.53 bits per heavy atom. The van der Waals surface area contributed by atoms with Crippen LogP contribution in [-0.4, -0.2) is 20.5 Å². The first kappa shape index (κ1) is 11.9. The van der Waals surface area contributed by atoms with Crippen molar-refractivity contribution in [3.8, 4) is 0 Å². The lowest BCUT2D eigenvalue weighted by atomic mass is 10.0. The highest BCUT2D eigenvalue weighted by Crippen LogP contribution is 2.09. The molecule has 0 radical (unpaired) electrons. The predicted octanol–water partition coefficient (Wildman–Crippen LogP) is 1.85. The van der Waals surface area contributed by atoms with Gasteiger partial charge >= 0.3 is 0 Å². The maximum atomic E-state index is 11.7. The second-order valence-corrected chi connectivity index (χ2v) is 3.93. The van der Waals surface area contributed by atoms with E-state index >= 15 is 0 Å². The minimum absolute atomic E-state index is 0.257. The van der Waals surface area contributed by atoms with Gasteiger partial charge < -0.3 is 0 Å². The van der Waals surface area contributed by atoms with E-state index in [1.807, 2.05) is 6.92 Å². The third-order valence-corrected chi connectivity index (χ3v) is 2.62. The Morgan fingerprint density at radius 2 is 2.27 bits per heavy atom. The van der Waals surface area contributed by atoms with E-state index in [4.69, 9.17) is 0 Å². The van der Waals surface area contributed by atoms with E-state index < -0.39 is 0 Å². The van der Waals surface area contributed by atoms with Crippen LogP contribution in [0.15, 0.2) is 6.33 Å². The topological polar surface area (TPSA) is 47.8 Å². The zero-order chi connectivity index (χ0) is 11.3. The van der Waals surface area contributed by atoms with Gasteiger partial charge in [-0.3, -0.25) is 4.79 Å². The van der Waals surface area contributed by atoms with Crippen LogP contribution in [0.25, 0.3) is 0 Å². The number of aromatic nitrogens is 3. The highest BCUT2D eigenvalue weighted by molar-refractivity contribution is 5.80. The molecule has 84 valence electrons. The molecule has 0 aliphatic heterocycles. The zero-order valence-corrected chi connectivity index (χ0v) is 9.73. The summed E-state index contributed by atoms with van der Waals surface area (Å²) in [5.41, 5.74) is 0. The SMILES string of the molecule is CCC(C)CC(=O)Cc1ncnn1CC. The van der Waals surface area contributed by atoms with Gasteiger partial charge in [0.15, 0.2) is 0 Å². The molecule has 0 spiro atoms. The number of ketones is 1. The number of hydrogen-bond acceptors (Lipinski definition) is 3. The number of Topliss-reactive ketones (excluding diaryl/α,β-unsaturated/α-hetero) is 1. The highest BCUT2D eigenvalue weighted by atomic mass is 16.1. The molecule has 1 heterocycles. The minimum atomic E-state index is 0.257. The Kier molecular flexibility index (Phi) is 4.46. The zero-order valence-electron chi connectivity index (χ0n) is 9.73. The second kappa shape index (κ2) is 5.63. The van der Waals surface area contributed by atoms with Crippen molar-refractivity contribution in [3.05, 3.63) is 12.2 Å². The molecule has 0 amide bonds. The molecule has 0 aliphatic carbocycles. The van der Waals surface area contributed by atoms with Crippen molar-refractivity contribution in [2.24, 2.45) is 5.92 Å². The van der Waals surface area contributed by atoms with Gasteiger partial charge in [0.2, 0.25) is 0 Å². The molecule has 0 saturated heterocycles. The molecule has 4 nitrogen and oxygen atoms in total. The Bertz CT molecular complexity index is 319. The van der Waals surface area contributed by atoms with Crippen LogP contribution in [0.4, 0.5) is 0 Å². The first-order chi connectivity index (χ1) is 7.17. The average molecular weight is 209 g/mol. The summed E-state index contributed by atoms with van der Waals surface area (Å²) in [7, 11) is 0. The standard InChI is InChI=1S/C11H19N3O/c1-4-9(3)6-10(15)7-11-12-8-13-14(11)5-2/h8-9H,4-7H2,1-3H3. The lowest BCUT2D eigenvalue weighted by Crippen LogP contribution is -2.12. The molecule has 1 aromatic rings. The van der Waals surface area contributed by atoms with Crippen molar-refractivity contribution in [1.29, 1.82) is 0 Å². The largest absolute Gasteiger partial charge is 0.299 e. The summed E-state index contributed by atoms with van der Waals surface area (Å²) in [4.78, 5) is 15.8. The Labute approximate surface area is 90.7 Å². The maximum Gasteiger partial charge on any atom is 0.140 e. The molecule has 1 atom stereocenters. The van der Waals surface area contributed by atoms with Gasteiger partial charge in [0.1, 0.15) is 17.9 Å². The molecule has 1 rings (SSSR count). The van der Waals surface area contributed by atoms with Gasteiger partial charge in [0, 0.05) is 13.0 Å². The Hall–Kier alpha value is -1.19. The number of carbonyl (C=O) groups is 1. The molecule has 0 saturated carbocycles. The molecular weight excluding hydrogens is 190 g/mol. The summed E-state index contributed by atoms with van der Waals surface area (Å²) >= 11 is 0. The summed E-state index contributed by atoms with van der Waals surface area (Å²) in [6.45, 7) is 6.97. The van der Waals surface area contributed by atoms with Crippen LogP contribution in [0.3, 0.4) is 0 Å². The van der Waals surface area contributed by atoms with E-state index in [-0.39, 0.29) is 5.78 Å². The van der Waals surface area contributed by atoms with Gasteiger partial charge in [0.05, 0.1) is 6.42 Å². The van der Waals surface area contributed by atoms with E-state index in [1.54, 1.807) is 4.68 Å². The normalized spacial score (nSPS) is 12.7. The number of nitrogens with zero attached hydrogens (tertiary/aromatic N) is 3. The fourth-order valence-electron chi connectivity index (χ4n) is 1.47. The Balaban J connectivity index is 2.51.